The van der Waals surface area contributed by atoms with E-state index in [4.69, 9.17) is 5.11 Å². The summed E-state index contributed by atoms with van der Waals surface area (Å²) in [6.07, 6.45) is 0.669. The van der Waals surface area contributed by atoms with Crippen LogP contribution in [0.25, 0.3) is 0 Å². The lowest BCUT2D eigenvalue weighted by Crippen LogP contribution is -2.23. The van der Waals surface area contributed by atoms with Crippen molar-refractivity contribution in [1.82, 2.24) is 9.88 Å². The van der Waals surface area contributed by atoms with Gasteiger partial charge in [-0.15, -0.1) is 0 Å². The SMILES string of the molecule is Cc1ccc(O)c(CN2CCC(C(=O)O)C2)n1. The highest BCUT2D eigenvalue weighted by atomic mass is 16.4. The molecule has 17 heavy (non-hydrogen) atoms. The van der Waals surface area contributed by atoms with Gasteiger partial charge in [0.2, 0.25) is 0 Å². The van der Waals surface area contributed by atoms with Gasteiger partial charge in [-0.1, -0.05) is 0 Å². The quantitative estimate of drug-likeness (QED) is 0.819. The van der Waals surface area contributed by atoms with Gasteiger partial charge in [-0.2, -0.15) is 0 Å². The molecule has 2 heterocycles. The number of hydrogen-bond acceptors (Lipinski definition) is 4. The highest BCUT2D eigenvalue weighted by Crippen LogP contribution is 2.22. The monoisotopic (exact) mass is 236 g/mol. The minimum atomic E-state index is -0.742. The highest BCUT2D eigenvalue weighted by molar-refractivity contribution is 5.70. The van der Waals surface area contributed by atoms with E-state index in [-0.39, 0.29) is 11.7 Å². The standard InChI is InChI=1S/C12H16N2O3/c1-8-2-3-11(15)10(13-8)7-14-5-4-9(6-14)12(16)17/h2-3,9,15H,4-7H2,1H3,(H,16,17). The van der Waals surface area contributed by atoms with Crippen LogP contribution in [-0.2, 0) is 11.3 Å². The zero-order chi connectivity index (χ0) is 12.4. The second-order valence-electron chi connectivity index (χ2n) is 4.48. The minimum absolute atomic E-state index is 0.175. The van der Waals surface area contributed by atoms with Gasteiger partial charge >= 0.3 is 5.97 Å². The van der Waals surface area contributed by atoms with Crippen molar-refractivity contribution < 1.29 is 15.0 Å². The van der Waals surface area contributed by atoms with E-state index in [1.807, 2.05) is 11.8 Å². The average molecular weight is 236 g/mol. The Morgan fingerprint density at radius 2 is 2.35 bits per heavy atom. The van der Waals surface area contributed by atoms with Crippen LogP contribution in [0, 0.1) is 12.8 Å². The fourth-order valence-corrected chi connectivity index (χ4v) is 2.11. The molecule has 1 atom stereocenters. The predicted octanol–water partition coefficient (Wildman–Crippen LogP) is 1.00. The molecule has 5 nitrogen and oxygen atoms in total. The van der Waals surface area contributed by atoms with E-state index in [0.29, 0.717) is 25.2 Å². The largest absolute Gasteiger partial charge is 0.506 e. The number of hydrogen-bond donors (Lipinski definition) is 2. The third-order valence-corrected chi connectivity index (χ3v) is 3.08. The Bertz CT molecular complexity index is 434. The molecule has 0 aliphatic carbocycles. The first-order chi connectivity index (χ1) is 8.06. The summed E-state index contributed by atoms with van der Waals surface area (Å²) in [6.45, 7) is 3.65. The number of aromatic nitrogens is 1. The molecule has 1 aliphatic rings. The van der Waals surface area contributed by atoms with E-state index in [9.17, 15) is 9.90 Å². The summed E-state index contributed by atoms with van der Waals surface area (Å²) in [5.41, 5.74) is 1.47. The Hall–Kier alpha value is -1.62. The lowest BCUT2D eigenvalue weighted by molar-refractivity contribution is -0.141. The van der Waals surface area contributed by atoms with Crippen LogP contribution in [0.2, 0.25) is 0 Å². The van der Waals surface area contributed by atoms with Crippen LogP contribution in [0.5, 0.6) is 5.75 Å². The molecule has 0 aromatic carbocycles. The van der Waals surface area contributed by atoms with Gasteiger partial charge in [0, 0.05) is 18.8 Å². The van der Waals surface area contributed by atoms with E-state index in [1.165, 1.54) is 0 Å². The Morgan fingerprint density at radius 3 is 3.00 bits per heavy atom. The number of carboxylic acids is 1. The first-order valence-corrected chi connectivity index (χ1v) is 5.67. The van der Waals surface area contributed by atoms with Crippen molar-refractivity contribution >= 4 is 5.97 Å². The first-order valence-electron chi connectivity index (χ1n) is 5.67. The van der Waals surface area contributed by atoms with Crippen LogP contribution in [0.3, 0.4) is 0 Å². The van der Waals surface area contributed by atoms with Gasteiger partial charge in [0.05, 0.1) is 11.6 Å². The van der Waals surface area contributed by atoms with Gasteiger partial charge in [-0.05, 0) is 32.0 Å². The second-order valence-corrected chi connectivity index (χ2v) is 4.48. The molecule has 2 N–H and O–H groups in total. The maximum absolute atomic E-state index is 10.8. The summed E-state index contributed by atoms with van der Waals surface area (Å²) in [6, 6.07) is 3.38. The zero-order valence-electron chi connectivity index (χ0n) is 9.76. The Morgan fingerprint density at radius 1 is 1.59 bits per heavy atom. The van der Waals surface area contributed by atoms with Crippen LogP contribution in [0.15, 0.2) is 12.1 Å². The number of pyridine rings is 1. The number of aliphatic carboxylic acids is 1. The molecule has 1 fully saturated rings. The molecule has 1 aromatic heterocycles. The number of carbonyl (C=O) groups is 1. The predicted molar refractivity (Wildman–Crippen MR) is 61.7 cm³/mol. The summed E-state index contributed by atoms with van der Waals surface area (Å²) in [5.74, 6) is -0.856. The van der Waals surface area contributed by atoms with Gasteiger partial charge in [-0.3, -0.25) is 14.7 Å². The number of aryl methyl sites for hydroxylation is 1. The van der Waals surface area contributed by atoms with Crippen molar-refractivity contribution in [1.29, 1.82) is 0 Å². The minimum Gasteiger partial charge on any atom is -0.506 e. The van der Waals surface area contributed by atoms with E-state index >= 15 is 0 Å². The van der Waals surface area contributed by atoms with Crippen molar-refractivity contribution in [3.63, 3.8) is 0 Å². The summed E-state index contributed by atoms with van der Waals surface area (Å²) < 4.78 is 0. The van der Waals surface area contributed by atoms with Gasteiger partial charge < -0.3 is 10.2 Å². The van der Waals surface area contributed by atoms with E-state index < -0.39 is 5.97 Å². The van der Waals surface area contributed by atoms with Gasteiger partial charge in [0.25, 0.3) is 0 Å². The molecule has 0 amide bonds. The molecular formula is C12H16N2O3. The second kappa shape index (κ2) is 4.71. The van der Waals surface area contributed by atoms with Crippen molar-refractivity contribution in [3.8, 4) is 5.75 Å². The molecule has 2 rings (SSSR count). The van der Waals surface area contributed by atoms with Crippen LogP contribution in [-0.4, -0.2) is 39.2 Å². The van der Waals surface area contributed by atoms with Crippen LogP contribution >= 0.6 is 0 Å². The third-order valence-electron chi connectivity index (χ3n) is 3.08. The fraction of sp³-hybridized carbons (Fsp3) is 0.500. The average Bonchev–Trinajstić information content (AvgIpc) is 2.72. The van der Waals surface area contributed by atoms with Crippen molar-refractivity contribution in [2.24, 2.45) is 5.92 Å². The topological polar surface area (TPSA) is 73.7 Å². The van der Waals surface area contributed by atoms with Gasteiger partial charge in [-0.25, -0.2) is 0 Å². The molecule has 0 radical (unpaired) electrons. The summed E-state index contributed by atoms with van der Waals surface area (Å²) in [7, 11) is 0. The molecule has 1 aliphatic heterocycles. The van der Waals surface area contributed by atoms with Crippen molar-refractivity contribution in [2.45, 2.75) is 19.9 Å². The van der Waals surface area contributed by atoms with E-state index in [2.05, 4.69) is 4.98 Å². The van der Waals surface area contributed by atoms with Crippen molar-refractivity contribution in [2.75, 3.05) is 13.1 Å². The highest BCUT2D eigenvalue weighted by Gasteiger charge is 2.28. The van der Waals surface area contributed by atoms with Crippen molar-refractivity contribution in [3.05, 3.63) is 23.5 Å². The number of rotatable bonds is 3. The number of likely N-dealkylation sites (tertiary alicyclic amines) is 1. The first kappa shape index (κ1) is 11.9. The van der Waals surface area contributed by atoms with Crippen LogP contribution in [0.1, 0.15) is 17.8 Å². The molecule has 1 aromatic rings. The molecular weight excluding hydrogens is 220 g/mol. The fourth-order valence-electron chi connectivity index (χ4n) is 2.11. The van der Waals surface area contributed by atoms with Crippen LogP contribution in [0.4, 0.5) is 0 Å². The van der Waals surface area contributed by atoms with Gasteiger partial charge in [0.15, 0.2) is 0 Å². The lowest BCUT2D eigenvalue weighted by Gasteiger charge is -2.15. The summed E-state index contributed by atoms with van der Waals surface area (Å²) in [4.78, 5) is 17.1. The maximum Gasteiger partial charge on any atom is 0.307 e. The van der Waals surface area contributed by atoms with Crippen LogP contribution < -0.4 is 0 Å². The Balaban J connectivity index is 2.02. The lowest BCUT2D eigenvalue weighted by atomic mass is 10.1. The Labute approximate surface area is 99.7 Å². The molecule has 5 heteroatoms. The third kappa shape index (κ3) is 2.74. The summed E-state index contributed by atoms with van der Waals surface area (Å²) in [5, 5.41) is 18.6. The maximum atomic E-state index is 10.8. The molecule has 1 saturated heterocycles. The summed E-state index contributed by atoms with van der Waals surface area (Å²) >= 11 is 0. The molecule has 0 saturated carbocycles. The number of nitrogens with zero attached hydrogens (tertiary/aromatic N) is 2. The molecule has 1 unspecified atom stereocenters. The molecule has 0 spiro atoms. The molecule has 0 bridgehead atoms. The number of carboxylic acid groups (broad SMARTS) is 1. The van der Waals surface area contributed by atoms with Gasteiger partial charge in [0.1, 0.15) is 5.75 Å². The normalized spacial score (nSPS) is 20.6. The zero-order valence-corrected chi connectivity index (χ0v) is 9.76. The van der Waals surface area contributed by atoms with E-state index in [1.54, 1.807) is 12.1 Å². The molecule has 92 valence electrons. The van der Waals surface area contributed by atoms with E-state index in [0.717, 1.165) is 12.2 Å². The smallest absolute Gasteiger partial charge is 0.307 e. The Kier molecular flexibility index (Phi) is 3.28. The number of aromatic hydroxyl groups is 1.